The molecule has 0 aliphatic carbocycles. The maximum Gasteiger partial charge on any atom is 0.319 e. The molecule has 9 heteroatoms. The lowest BCUT2D eigenvalue weighted by Gasteiger charge is -2.23. The highest BCUT2D eigenvalue weighted by Crippen LogP contribution is 2.14. The summed E-state index contributed by atoms with van der Waals surface area (Å²) in [4.78, 5) is 16.3. The lowest BCUT2D eigenvalue weighted by molar-refractivity contribution is 0.243. The van der Waals surface area contributed by atoms with Gasteiger partial charge in [-0.15, -0.1) is 5.10 Å². The first-order valence-corrected chi connectivity index (χ1v) is 7.69. The maximum atomic E-state index is 12.1. The molecule has 9 nitrogen and oxygen atoms in total. The Hall–Kier alpha value is -3.23. The average molecular weight is 324 g/mol. The molecule has 0 saturated carbocycles. The van der Waals surface area contributed by atoms with Crippen molar-refractivity contribution in [3.63, 3.8) is 0 Å². The van der Waals surface area contributed by atoms with Crippen molar-refractivity contribution in [3.05, 3.63) is 48.8 Å². The minimum absolute atomic E-state index is 0.0496. The molecule has 4 rings (SSSR count). The fourth-order valence-electron chi connectivity index (χ4n) is 2.75. The molecule has 3 aromatic rings. The molecule has 1 unspecified atom stereocenters. The Bertz CT molecular complexity index is 824. The summed E-state index contributed by atoms with van der Waals surface area (Å²) in [5.74, 6) is 0.970. The Labute approximate surface area is 137 Å². The molecule has 3 heterocycles. The second kappa shape index (κ2) is 6.11. The minimum Gasteiger partial charge on any atom is -0.333 e. The number of nitrogens with zero attached hydrogens (tertiary/aromatic N) is 6. The highest BCUT2D eigenvalue weighted by molar-refractivity contribution is 5.89. The van der Waals surface area contributed by atoms with E-state index in [1.54, 1.807) is 23.4 Å². The average Bonchev–Trinajstić information content (AvgIpc) is 3.26. The van der Waals surface area contributed by atoms with E-state index < -0.39 is 0 Å². The van der Waals surface area contributed by atoms with Crippen LogP contribution in [0.4, 0.5) is 10.5 Å². The molecule has 0 spiro atoms. The van der Waals surface area contributed by atoms with Crippen LogP contribution >= 0.6 is 0 Å². The number of carbonyl (C=O) groups is 1. The van der Waals surface area contributed by atoms with E-state index in [-0.39, 0.29) is 12.1 Å². The van der Waals surface area contributed by atoms with E-state index in [1.165, 1.54) is 0 Å². The zero-order valence-electron chi connectivity index (χ0n) is 12.8. The van der Waals surface area contributed by atoms with Gasteiger partial charge in [0.25, 0.3) is 0 Å². The van der Waals surface area contributed by atoms with E-state index in [0.717, 1.165) is 24.4 Å². The third-order valence-corrected chi connectivity index (χ3v) is 3.95. The molecule has 1 aromatic carbocycles. The van der Waals surface area contributed by atoms with Crippen LogP contribution < -0.4 is 10.6 Å². The van der Waals surface area contributed by atoms with E-state index >= 15 is 0 Å². The van der Waals surface area contributed by atoms with Crippen LogP contribution in [0.25, 0.3) is 5.69 Å². The SMILES string of the molecule is O=C(Nc1ccc(-n2ccnn2)cc1)NC1CCc2ncnn2C1. The van der Waals surface area contributed by atoms with E-state index in [9.17, 15) is 4.79 Å². The summed E-state index contributed by atoms with van der Waals surface area (Å²) in [6.45, 7) is 0.647. The van der Waals surface area contributed by atoms with Gasteiger partial charge in [-0.2, -0.15) is 5.10 Å². The molecule has 2 aromatic heterocycles. The summed E-state index contributed by atoms with van der Waals surface area (Å²) in [7, 11) is 0. The molecular formula is C15H16N8O. The quantitative estimate of drug-likeness (QED) is 0.748. The van der Waals surface area contributed by atoms with Crippen molar-refractivity contribution in [1.29, 1.82) is 0 Å². The summed E-state index contributed by atoms with van der Waals surface area (Å²) in [5, 5.41) is 17.7. The van der Waals surface area contributed by atoms with Crippen molar-refractivity contribution >= 4 is 11.7 Å². The van der Waals surface area contributed by atoms with Gasteiger partial charge >= 0.3 is 6.03 Å². The van der Waals surface area contributed by atoms with Crippen LogP contribution in [0, 0.1) is 0 Å². The third-order valence-electron chi connectivity index (χ3n) is 3.95. The van der Waals surface area contributed by atoms with Gasteiger partial charge in [0.05, 0.1) is 30.7 Å². The van der Waals surface area contributed by atoms with Crippen molar-refractivity contribution < 1.29 is 4.79 Å². The molecule has 0 radical (unpaired) electrons. The zero-order valence-corrected chi connectivity index (χ0v) is 12.8. The lowest BCUT2D eigenvalue weighted by Crippen LogP contribution is -2.43. The first-order valence-electron chi connectivity index (χ1n) is 7.69. The number of rotatable bonds is 3. The molecule has 122 valence electrons. The van der Waals surface area contributed by atoms with Gasteiger partial charge in [-0.3, -0.25) is 0 Å². The first-order chi connectivity index (χ1) is 11.8. The van der Waals surface area contributed by atoms with Gasteiger partial charge in [-0.05, 0) is 30.7 Å². The summed E-state index contributed by atoms with van der Waals surface area (Å²) in [6.07, 6.45) is 6.60. The number of benzene rings is 1. The highest BCUT2D eigenvalue weighted by Gasteiger charge is 2.21. The molecule has 0 saturated heterocycles. The Morgan fingerprint density at radius 1 is 1.25 bits per heavy atom. The van der Waals surface area contributed by atoms with E-state index in [2.05, 4.69) is 31.0 Å². The molecule has 24 heavy (non-hydrogen) atoms. The number of aromatic nitrogens is 6. The summed E-state index contributed by atoms with van der Waals surface area (Å²) >= 11 is 0. The molecule has 2 amide bonds. The summed E-state index contributed by atoms with van der Waals surface area (Å²) in [6, 6.07) is 7.21. The molecule has 1 aliphatic heterocycles. The van der Waals surface area contributed by atoms with Crippen LogP contribution in [0.1, 0.15) is 12.2 Å². The predicted octanol–water partition coefficient (Wildman–Crippen LogP) is 0.995. The second-order valence-corrected chi connectivity index (χ2v) is 5.59. The monoisotopic (exact) mass is 324 g/mol. The van der Waals surface area contributed by atoms with Gasteiger partial charge in [0, 0.05) is 12.1 Å². The number of aryl methyl sites for hydroxylation is 1. The number of anilines is 1. The summed E-state index contributed by atoms with van der Waals surface area (Å²) in [5.41, 5.74) is 1.60. The number of urea groups is 1. The van der Waals surface area contributed by atoms with Crippen molar-refractivity contribution in [3.8, 4) is 5.69 Å². The Morgan fingerprint density at radius 3 is 2.92 bits per heavy atom. The first kappa shape index (κ1) is 14.4. The number of hydrogen-bond acceptors (Lipinski definition) is 5. The smallest absolute Gasteiger partial charge is 0.319 e. The van der Waals surface area contributed by atoms with Crippen LogP contribution in [-0.2, 0) is 13.0 Å². The fourth-order valence-corrected chi connectivity index (χ4v) is 2.75. The van der Waals surface area contributed by atoms with E-state index in [1.807, 2.05) is 28.9 Å². The number of nitrogens with one attached hydrogen (secondary N) is 2. The standard InChI is InChI=1S/C15H16N8O/c24-15(20-12-3-6-14-16-10-18-23(14)9-12)19-11-1-4-13(5-2-11)22-8-7-17-21-22/h1-2,4-5,7-8,10,12H,3,6,9H2,(H2,19,20,24). The normalized spacial score (nSPS) is 16.4. The van der Waals surface area contributed by atoms with Crippen LogP contribution in [0.5, 0.6) is 0 Å². The molecular weight excluding hydrogens is 308 g/mol. The topological polar surface area (TPSA) is 103 Å². The molecule has 0 fully saturated rings. The van der Waals surface area contributed by atoms with Crippen LogP contribution in [0.2, 0.25) is 0 Å². The fraction of sp³-hybridized carbons (Fsp3) is 0.267. The van der Waals surface area contributed by atoms with Gasteiger partial charge < -0.3 is 10.6 Å². The number of amides is 2. The third kappa shape index (κ3) is 2.96. The lowest BCUT2D eigenvalue weighted by atomic mass is 10.1. The molecule has 0 bridgehead atoms. The van der Waals surface area contributed by atoms with E-state index in [0.29, 0.717) is 12.2 Å². The van der Waals surface area contributed by atoms with Crippen molar-refractivity contribution in [2.75, 3.05) is 5.32 Å². The minimum atomic E-state index is -0.225. The molecule has 1 atom stereocenters. The van der Waals surface area contributed by atoms with Crippen LogP contribution in [0.15, 0.2) is 43.0 Å². The van der Waals surface area contributed by atoms with Crippen LogP contribution in [-0.4, -0.2) is 41.8 Å². The van der Waals surface area contributed by atoms with Gasteiger partial charge in [0.1, 0.15) is 12.2 Å². The number of hydrogen-bond donors (Lipinski definition) is 2. The number of carbonyl (C=O) groups excluding carboxylic acids is 1. The van der Waals surface area contributed by atoms with Gasteiger partial charge in [0.2, 0.25) is 0 Å². The predicted molar refractivity (Wildman–Crippen MR) is 85.6 cm³/mol. The highest BCUT2D eigenvalue weighted by atomic mass is 16.2. The van der Waals surface area contributed by atoms with E-state index in [4.69, 9.17) is 0 Å². The largest absolute Gasteiger partial charge is 0.333 e. The summed E-state index contributed by atoms with van der Waals surface area (Å²) < 4.78 is 3.49. The Morgan fingerprint density at radius 2 is 2.12 bits per heavy atom. The Balaban J connectivity index is 1.35. The zero-order chi connectivity index (χ0) is 16.4. The van der Waals surface area contributed by atoms with Gasteiger partial charge in [-0.25, -0.2) is 19.1 Å². The Kier molecular flexibility index (Phi) is 3.66. The molecule has 2 N–H and O–H groups in total. The van der Waals surface area contributed by atoms with Gasteiger partial charge in [-0.1, -0.05) is 5.21 Å². The molecule has 1 aliphatic rings. The maximum absolute atomic E-state index is 12.1. The van der Waals surface area contributed by atoms with Crippen molar-refractivity contribution in [2.45, 2.75) is 25.4 Å². The van der Waals surface area contributed by atoms with Crippen LogP contribution in [0.3, 0.4) is 0 Å². The van der Waals surface area contributed by atoms with Crippen molar-refractivity contribution in [2.24, 2.45) is 0 Å². The van der Waals surface area contributed by atoms with Crippen molar-refractivity contribution in [1.82, 2.24) is 35.1 Å². The number of fused-ring (bicyclic) bond motifs is 1. The second-order valence-electron chi connectivity index (χ2n) is 5.59. The van der Waals surface area contributed by atoms with Gasteiger partial charge in [0.15, 0.2) is 0 Å².